The molecule has 0 fully saturated rings. The molecular weight excluding hydrogens is 434 g/mol. The van der Waals surface area contributed by atoms with E-state index in [1.165, 1.54) is 0 Å². The van der Waals surface area contributed by atoms with E-state index in [0.29, 0.717) is 29.6 Å². The summed E-state index contributed by atoms with van der Waals surface area (Å²) in [5.74, 6) is -1.46. The third-order valence-electron chi connectivity index (χ3n) is 6.15. The zero-order valence-corrected chi connectivity index (χ0v) is 19.2. The summed E-state index contributed by atoms with van der Waals surface area (Å²) in [5.41, 5.74) is 3.64. The highest BCUT2D eigenvalue weighted by Gasteiger charge is 2.20. The number of carboxylic acid groups (broad SMARTS) is 1. The molecule has 2 heterocycles. The van der Waals surface area contributed by atoms with E-state index in [1.807, 2.05) is 50.2 Å². The van der Waals surface area contributed by atoms with Crippen molar-refractivity contribution in [2.45, 2.75) is 52.0 Å². The van der Waals surface area contributed by atoms with Gasteiger partial charge in [0.1, 0.15) is 17.2 Å². The summed E-state index contributed by atoms with van der Waals surface area (Å²) in [6.45, 7) is 3.80. The number of aliphatic carboxylic acids is 1. The first-order chi connectivity index (χ1) is 16.4. The number of carbonyl (C=O) groups excluding carboxylic acids is 1. The molecule has 4 aromatic rings. The number of carbonyl (C=O) groups is 2. The van der Waals surface area contributed by atoms with Gasteiger partial charge in [0.25, 0.3) is 0 Å². The second-order valence-electron chi connectivity index (χ2n) is 8.45. The summed E-state index contributed by atoms with van der Waals surface area (Å²) in [5, 5.41) is 13.6. The van der Waals surface area contributed by atoms with E-state index < -0.39 is 23.5 Å². The van der Waals surface area contributed by atoms with Gasteiger partial charge in [-0.2, -0.15) is 0 Å². The maximum atomic E-state index is 12.7. The average Bonchev–Trinajstić information content (AvgIpc) is 3.23. The normalized spacial score (nSPS) is 12.2. The molecule has 0 spiro atoms. The maximum absolute atomic E-state index is 12.7. The van der Waals surface area contributed by atoms with Crippen molar-refractivity contribution in [2.24, 2.45) is 0 Å². The van der Waals surface area contributed by atoms with Crippen LogP contribution in [0, 0.1) is 6.92 Å². The zero-order valence-electron chi connectivity index (χ0n) is 19.2. The quantitative estimate of drug-likeness (QED) is 0.331. The second-order valence-corrected chi connectivity index (χ2v) is 8.45. The topological polar surface area (TPSA) is 110 Å². The van der Waals surface area contributed by atoms with Gasteiger partial charge in [0, 0.05) is 34.4 Å². The molecule has 0 radical (unpaired) electrons. The van der Waals surface area contributed by atoms with Crippen molar-refractivity contribution < 1.29 is 23.5 Å². The van der Waals surface area contributed by atoms with E-state index in [0.717, 1.165) is 33.9 Å². The third-order valence-corrected chi connectivity index (χ3v) is 6.15. The number of aryl methyl sites for hydroxylation is 1. The Hall–Kier alpha value is -3.87. The van der Waals surface area contributed by atoms with E-state index in [4.69, 9.17) is 8.83 Å². The van der Waals surface area contributed by atoms with Crippen molar-refractivity contribution in [2.75, 3.05) is 0 Å². The number of carboxylic acids is 1. The molecule has 2 aromatic heterocycles. The molecule has 2 aromatic carbocycles. The average molecular weight is 462 g/mol. The lowest BCUT2D eigenvalue weighted by Gasteiger charge is -2.14. The van der Waals surface area contributed by atoms with E-state index in [9.17, 15) is 19.5 Å². The Bertz CT molecular complexity index is 1400. The molecule has 7 nitrogen and oxygen atoms in total. The van der Waals surface area contributed by atoms with Gasteiger partial charge in [0.05, 0.1) is 6.26 Å². The largest absolute Gasteiger partial charge is 0.480 e. The van der Waals surface area contributed by atoms with Crippen molar-refractivity contribution in [3.05, 3.63) is 70.3 Å². The molecule has 0 saturated carbocycles. The van der Waals surface area contributed by atoms with Gasteiger partial charge < -0.3 is 19.3 Å². The second kappa shape index (κ2) is 9.95. The highest BCUT2D eigenvalue weighted by Crippen LogP contribution is 2.34. The Morgan fingerprint density at radius 3 is 2.56 bits per heavy atom. The lowest BCUT2D eigenvalue weighted by Crippen LogP contribution is -2.40. The first-order valence-electron chi connectivity index (χ1n) is 11.4. The minimum absolute atomic E-state index is 0.00374. The molecule has 0 saturated heterocycles. The zero-order chi connectivity index (χ0) is 24.2. The monoisotopic (exact) mass is 461 g/mol. The van der Waals surface area contributed by atoms with Crippen LogP contribution in [-0.2, 0) is 16.0 Å². The molecule has 1 amide bonds. The summed E-state index contributed by atoms with van der Waals surface area (Å²) in [6.07, 6.45) is 3.76. The first-order valence-corrected chi connectivity index (χ1v) is 11.4. The summed E-state index contributed by atoms with van der Waals surface area (Å²) >= 11 is 0. The molecular formula is C27H27NO6. The van der Waals surface area contributed by atoms with Gasteiger partial charge in [0.2, 0.25) is 5.91 Å². The van der Waals surface area contributed by atoms with Crippen LogP contribution >= 0.6 is 0 Å². The van der Waals surface area contributed by atoms with Crippen LogP contribution in [0.15, 0.2) is 62.4 Å². The lowest BCUT2D eigenvalue weighted by atomic mass is 9.99. The highest BCUT2D eigenvalue weighted by atomic mass is 16.4. The molecule has 0 bridgehead atoms. The van der Waals surface area contributed by atoms with Crippen molar-refractivity contribution in [1.29, 1.82) is 0 Å². The molecule has 34 heavy (non-hydrogen) atoms. The van der Waals surface area contributed by atoms with Crippen molar-refractivity contribution in [1.82, 2.24) is 5.32 Å². The number of furan rings is 1. The minimum Gasteiger partial charge on any atom is -0.480 e. The van der Waals surface area contributed by atoms with Crippen molar-refractivity contribution >= 4 is 33.8 Å². The molecule has 1 atom stereocenters. The fraction of sp³-hybridized carbons (Fsp3) is 0.296. The van der Waals surface area contributed by atoms with Crippen molar-refractivity contribution in [3.63, 3.8) is 0 Å². The smallest absolute Gasteiger partial charge is 0.339 e. The Morgan fingerprint density at radius 2 is 1.85 bits per heavy atom. The van der Waals surface area contributed by atoms with Crippen LogP contribution < -0.4 is 10.9 Å². The van der Waals surface area contributed by atoms with Crippen LogP contribution in [0.3, 0.4) is 0 Å². The molecule has 4 rings (SSSR count). The Labute approximate surface area is 196 Å². The number of hydrogen-bond donors (Lipinski definition) is 2. The highest BCUT2D eigenvalue weighted by molar-refractivity contribution is 6.02. The molecule has 176 valence electrons. The molecule has 0 aliphatic heterocycles. The summed E-state index contributed by atoms with van der Waals surface area (Å²) in [4.78, 5) is 36.5. The Kier molecular flexibility index (Phi) is 6.82. The SMILES string of the molecule is CCCC[C@H](NC(=O)CCc1c(C)c2cc3c(-c4ccccc4)coc3cc2oc1=O)C(=O)O. The Morgan fingerprint density at radius 1 is 1.09 bits per heavy atom. The van der Waals surface area contributed by atoms with E-state index in [2.05, 4.69) is 5.32 Å². The lowest BCUT2D eigenvalue weighted by molar-refractivity contribution is -0.142. The van der Waals surface area contributed by atoms with E-state index >= 15 is 0 Å². The van der Waals surface area contributed by atoms with E-state index in [1.54, 1.807) is 12.3 Å². The number of fused-ring (bicyclic) bond motifs is 2. The van der Waals surface area contributed by atoms with Crippen LogP contribution in [0.5, 0.6) is 0 Å². The van der Waals surface area contributed by atoms with Crippen LogP contribution in [0.2, 0.25) is 0 Å². The summed E-state index contributed by atoms with van der Waals surface area (Å²) in [6, 6.07) is 12.6. The minimum atomic E-state index is -1.05. The summed E-state index contributed by atoms with van der Waals surface area (Å²) < 4.78 is 11.3. The number of nitrogens with one attached hydrogen (secondary N) is 1. The predicted molar refractivity (Wildman–Crippen MR) is 130 cm³/mol. The molecule has 0 aliphatic carbocycles. The fourth-order valence-corrected chi connectivity index (χ4v) is 4.21. The molecule has 0 aliphatic rings. The fourth-order valence-electron chi connectivity index (χ4n) is 4.21. The predicted octanol–water partition coefficient (Wildman–Crippen LogP) is 5.21. The molecule has 2 N–H and O–H groups in total. The third kappa shape index (κ3) is 4.73. The standard InChI is InChI=1S/C27H27NO6/c1-3-4-10-22(26(30)31)28-25(29)12-11-18-16(2)19-13-20-21(17-8-6-5-7-9-17)15-33-23(20)14-24(19)34-27(18)32/h5-9,13-15,22H,3-4,10-12H2,1-2H3,(H,28,29)(H,30,31)/t22-/m0/s1. The van der Waals surface area contributed by atoms with Gasteiger partial charge in [-0.3, -0.25) is 4.79 Å². The van der Waals surface area contributed by atoms with Crippen LogP contribution in [-0.4, -0.2) is 23.0 Å². The van der Waals surface area contributed by atoms with E-state index in [-0.39, 0.29) is 12.8 Å². The first kappa shape index (κ1) is 23.3. The number of benzene rings is 2. The number of unbranched alkanes of at least 4 members (excludes halogenated alkanes) is 1. The van der Waals surface area contributed by atoms with Crippen molar-refractivity contribution in [3.8, 4) is 11.1 Å². The van der Waals surface area contributed by atoms with Gasteiger partial charge in [-0.05, 0) is 37.0 Å². The number of amides is 1. The molecule has 7 heteroatoms. The molecule has 0 unspecified atom stereocenters. The van der Waals surface area contributed by atoms with Gasteiger partial charge in [0.15, 0.2) is 0 Å². The summed E-state index contributed by atoms with van der Waals surface area (Å²) in [7, 11) is 0. The van der Waals surface area contributed by atoms with Gasteiger partial charge in [-0.15, -0.1) is 0 Å². The van der Waals surface area contributed by atoms with Gasteiger partial charge in [-0.1, -0.05) is 50.1 Å². The van der Waals surface area contributed by atoms with Gasteiger partial charge >= 0.3 is 11.6 Å². The number of rotatable bonds is 9. The van der Waals surface area contributed by atoms with Crippen LogP contribution in [0.1, 0.15) is 43.7 Å². The van der Waals surface area contributed by atoms with Gasteiger partial charge in [-0.25, -0.2) is 9.59 Å². The Balaban J connectivity index is 1.62. The van der Waals surface area contributed by atoms with Crippen LogP contribution in [0.25, 0.3) is 33.1 Å². The number of hydrogen-bond acceptors (Lipinski definition) is 5. The van der Waals surface area contributed by atoms with Crippen LogP contribution in [0.4, 0.5) is 0 Å². The maximum Gasteiger partial charge on any atom is 0.339 e.